The van der Waals surface area contributed by atoms with E-state index in [2.05, 4.69) is 15.0 Å². The van der Waals surface area contributed by atoms with Gasteiger partial charge < -0.3 is 0 Å². The van der Waals surface area contributed by atoms with Gasteiger partial charge in [-0.3, -0.25) is 4.98 Å². The molecule has 0 aliphatic carbocycles. The van der Waals surface area contributed by atoms with Crippen molar-refractivity contribution in [1.82, 2.24) is 4.98 Å². The quantitative estimate of drug-likeness (QED) is 0.346. The maximum Gasteiger partial charge on any atom is 0.153 e. The molecule has 0 aliphatic rings. The summed E-state index contributed by atoms with van der Waals surface area (Å²) in [5.74, 6) is -0.565. The van der Waals surface area contributed by atoms with E-state index in [1.807, 2.05) is 0 Å². The van der Waals surface area contributed by atoms with Crippen molar-refractivity contribution in [3.63, 3.8) is 0 Å². The predicted molar refractivity (Wildman–Crippen MR) is 37.7 cm³/mol. The molecule has 1 rings (SSSR count). The van der Waals surface area contributed by atoms with Gasteiger partial charge in [-0.1, -0.05) is 5.11 Å². The Bertz CT molecular complexity index is 316. The van der Waals surface area contributed by atoms with Gasteiger partial charge in [-0.05, 0) is 18.5 Å². The van der Waals surface area contributed by atoms with Gasteiger partial charge in [0, 0.05) is 11.1 Å². The lowest BCUT2D eigenvalue weighted by Crippen LogP contribution is -1.85. The summed E-state index contributed by atoms with van der Waals surface area (Å²) in [4.78, 5) is 6.13. The molecular formula is C6H5FN4. The normalized spacial score (nSPS) is 8.91. The van der Waals surface area contributed by atoms with E-state index in [9.17, 15) is 4.39 Å². The van der Waals surface area contributed by atoms with Crippen molar-refractivity contribution in [1.29, 1.82) is 0 Å². The smallest absolute Gasteiger partial charge is 0.153 e. The minimum atomic E-state index is -0.565. The molecule has 0 aliphatic heterocycles. The van der Waals surface area contributed by atoms with Crippen molar-refractivity contribution in [2.75, 3.05) is 0 Å². The minimum Gasteiger partial charge on any atom is -0.259 e. The maximum atomic E-state index is 12.9. The number of hydrogen-bond donors (Lipinski definition) is 0. The fourth-order valence-electron chi connectivity index (χ4n) is 0.660. The Morgan fingerprint density at radius 2 is 2.45 bits per heavy atom. The molecule has 0 aromatic carbocycles. The number of nitrogens with zero attached hydrogens (tertiary/aromatic N) is 4. The lowest BCUT2D eigenvalue weighted by Gasteiger charge is -1.95. The minimum absolute atomic E-state index is 0.0139. The second kappa shape index (κ2) is 2.98. The third-order valence-electron chi connectivity index (χ3n) is 1.20. The number of aromatic nitrogens is 1. The van der Waals surface area contributed by atoms with Gasteiger partial charge in [0.05, 0.1) is 11.4 Å². The maximum absolute atomic E-state index is 12.9. The van der Waals surface area contributed by atoms with Gasteiger partial charge in [0.15, 0.2) is 5.82 Å². The summed E-state index contributed by atoms with van der Waals surface area (Å²) in [5, 5.41) is 3.13. The highest BCUT2D eigenvalue weighted by atomic mass is 19.1. The van der Waals surface area contributed by atoms with Crippen LogP contribution in [0.3, 0.4) is 0 Å². The SMILES string of the molecule is Cc1nccc(N=[N+]=[N-])c1F. The Morgan fingerprint density at radius 3 is 3.09 bits per heavy atom. The predicted octanol–water partition coefficient (Wildman–Crippen LogP) is 2.47. The molecule has 0 unspecified atom stereocenters. The molecule has 11 heavy (non-hydrogen) atoms. The number of hydrogen-bond acceptors (Lipinski definition) is 2. The third-order valence-corrected chi connectivity index (χ3v) is 1.20. The van der Waals surface area contributed by atoms with Gasteiger partial charge in [-0.15, -0.1) is 0 Å². The molecule has 0 fully saturated rings. The molecule has 1 heterocycles. The van der Waals surface area contributed by atoms with E-state index >= 15 is 0 Å². The van der Waals surface area contributed by atoms with E-state index in [-0.39, 0.29) is 11.4 Å². The van der Waals surface area contributed by atoms with Crippen LogP contribution in [0.5, 0.6) is 0 Å². The van der Waals surface area contributed by atoms with Crippen molar-refractivity contribution < 1.29 is 4.39 Å². The molecule has 0 N–H and O–H groups in total. The second-order valence-electron chi connectivity index (χ2n) is 1.92. The first-order valence-electron chi connectivity index (χ1n) is 2.92. The van der Waals surface area contributed by atoms with Gasteiger partial charge in [-0.2, -0.15) is 0 Å². The topological polar surface area (TPSA) is 61.7 Å². The summed E-state index contributed by atoms with van der Waals surface area (Å²) < 4.78 is 12.9. The Morgan fingerprint density at radius 1 is 1.73 bits per heavy atom. The fourth-order valence-corrected chi connectivity index (χ4v) is 0.660. The fraction of sp³-hybridized carbons (Fsp3) is 0.167. The zero-order valence-electron chi connectivity index (χ0n) is 5.82. The van der Waals surface area contributed by atoms with Crippen LogP contribution >= 0.6 is 0 Å². The first kappa shape index (κ1) is 7.50. The Labute approximate surface area is 62.3 Å². The molecule has 5 heteroatoms. The zero-order chi connectivity index (χ0) is 8.27. The monoisotopic (exact) mass is 152 g/mol. The summed E-state index contributed by atoms with van der Waals surface area (Å²) in [6.07, 6.45) is 1.39. The third kappa shape index (κ3) is 1.45. The van der Waals surface area contributed by atoms with Crippen LogP contribution in [-0.4, -0.2) is 4.98 Å². The first-order chi connectivity index (χ1) is 5.25. The molecule has 0 amide bonds. The second-order valence-corrected chi connectivity index (χ2v) is 1.92. The summed E-state index contributed by atoms with van der Waals surface area (Å²) in [6.45, 7) is 1.51. The highest BCUT2D eigenvalue weighted by molar-refractivity contribution is 5.38. The molecule has 56 valence electrons. The largest absolute Gasteiger partial charge is 0.259 e. The zero-order valence-corrected chi connectivity index (χ0v) is 5.82. The van der Waals surface area contributed by atoms with Crippen LogP contribution in [0.1, 0.15) is 5.69 Å². The summed E-state index contributed by atoms with van der Waals surface area (Å²) in [7, 11) is 0. The van der Waals surface area contributed by atoms with Crippen LogP contribution in [0, 0.1) is 12.7 Å². The van der Waals surface area contributed by atoms with Crippen LogP contribution in [0.25, 0.3) is 10.4 Å². The van der Waals surface area contributed by atoms with Gasteiger partial charge in [0.25, 0.3) is 0 Å². The molecule has 1 aromatic rings. The molecule has 4 nitrogen and oxygen atoms in total. The van der Waals surface area contributed by atoms with E-state index < -0.39 is 5.82 Å². The van der Waals surface area contributed by atoms with Gasteiger partial charge in [0.1, 0.15) is 0 Å². The van der Waals surface area contributed by atoms with Gasteiger partial charge in [0.2, 0.25) is 0 Å². The molecule has 0 bridgehead atoms. The molecule has 0 saturated heterocycles. The van der Waals surface area contributed by atoms with Gasteiger partial charge >= 0.3 is 0 Å². The molecule has 0 spiro atoms. The van der Waals surface area contributed by atoms with Crippen molar-refractivity contribution >= 4 is 5.69 Å². The van der Waals surface area contributed by atoms with Crippen molar-refractivity contribution in [3.05, 3.63) is 34.2 Å². The Hall–Kier alpha value is -1.61. The van der Waals surface area contributed by atoms with E-state index in [4.69, 9.17) is 5.53 Å². The lowest BCUT2D eigenvalue weighted by atomic mass is 10.3. The number of rotatable bonds is 1. The average molecular weight is 152 g/mol. The van der Waals surface area contributed by atoms with E-state index in [1.165, 1.54) is 19.2 Å². The highest BCUT2D eigenvalue weighted by Crippen LogP contribution is 2.17. The first-order valence-corrected chi connectivity index (χ1v) is 2.92. The molecular weight excluding hydrogens is 147 g/mol. The molecule has 0 saturated carbocycles. The van der Waals surface area contributed by atoms with Gasteiger partial charge in [-0.25, -0.2) is 4.39 Å². The molecule has 0 atom stereocenters. The Balaban J connectivity index is 3.26. The standard InChI is InChI=1S/C6H5FN4/c1-4-6(7)5(10-11-8)2-3-9-4/h2-3H,1H3. The molecule has 0 radical (unpaired) electrons. The number of halogens is 1. The van der Waals surface area contributed by atoms with E-state index in [0.29, 0.717) is 0 Å². The van der Waals surface area contributed by atoms with E-state index in [1.54, 1.807) is 0 Å². The van der Waals surface area contributed by atoms with Crippen LogP contribution in [0.2, 0.25) is 0 Å². The van der Waals surface area contributed by atoms with Crippen molar-refractivity contribution in [3.8, 4) is 0 Å². The highest BCUT2D eigenvalue weighted by Gasteiger charge is 2.01. The summed E-state index contributed by atoms with van der Waals surface area (Å²) in [6, 6.07) is 1.32. The van der Waals surface area contributed by atoms with Crippen LogP contribution in [0.15, 0.2) is 17.4 Å². The van der Waals surface area contributed by atoms with Crippen LogP contribution in [0.4, 0.5) is 10.1 Å². The summed E-state index contributed by atoms with van der Waals surface area (Å²) in [5.41, 5.74) is 8.22. The number of azide groups is 1. The number of aryl methyl sites for hydroxylation is 1. The van der Waals surface area contributed by atoms with E-state index in [0.717, 1.165) is 0 Å². The molecule has 1 aromatic heterocycles. The Kier molecular flexibility index (Phi) is 2.03. The summed E-state index contributed by atoms with van der Waals surface area (Å²) >= 11 is 0. The van der Waals surface area contributed by atoms with Crippen LogP contribution in [-0.2, 0) is 0 Å². The lowest BCUT2D eigenvalue weighted by molar-refractivity contribution is 0.611. The number of pyridine rings is 1. The van der Waals surface area contributed by atoms with Crippen molar-refractivity contribution in [2.24, 2.45) is 5.11 Å². The van der Waals surface area contributed by atoms with Crippen molar-refractivity contribution in [2.45, 2.75) is 6.92 Å². The van der Waals surface area contributed by atoms with Crippen LogP contribution < -0.4 is 0 Å². The average Bonchev–Trinajstić information content (AvgIpc) is 1.99.